The summed E-state index contributed by atoms with van der Waals surface area (Å²) in [5, 5.41) is 0. The Bertz CT molecular complexity index is 495. The minimum atomic E-state index is 0.242. The van der Waals surface area contributed by atoms with Crippen LogP contribution in [0.15, 0.2) is 18.5 Å². The van der Waals surface area contributed by atoms with Gasteiger partial charge in [-0.1, -0.05) is 0 Å². The average molecular weight is 254 g/mol. The van der Waals surface area contributed by atoms with E-state index in [1.165, 1.54) is 0 Å². The summed E-state index contributed by atoms with van der Waals surface area (Å²) >= 11 is 5.90. The van der Waals surface area contributed by atoms with Crippen molar-refractivity contribution in [3.63, 3.8) is 0 Å². The molecule has 2 rings (SSSR count). The molecule has 0 radical (unpaired) electrons. The molecule has 0 bridgehead atoms. The third kappa shape index (κ3) is 2.76. The van der Waals surface area contributed by atoms with Crippen molar-refractivity contribution in [3.8, 4) is 0 Å². The highest BCUT2D eigenvalue weighted by molar-refractivity contribution is 6.16. The number of nitrogens with zero attached hydrogens (tertiary/aromatic N) is 3. The lowest BCUT2D eigenvalue weighted by molar-refractivity contribution is 0.0729. The molecule has 0 aliphatic heterocycles. The largest absolute Gasteiger partial charge is 0.377 e. The van der Waals surface area contributed by atoms with Crippen LogP contribution in [0.25, 0.3) is 11.0 Å². The number of fused-ring (bicyclic) bond motifs is 1. The molecule has 92 valence electrons. The minimum Gasteiger partial charge on any atom is -0.377 e. The zero-order valence-corrected chi connectivity index (χ0v) is 10.8. The lowest BCUT2D eigenvalue weighted by Gasteiger charge is -2.10. The lowest BCUT2D eigenvalue weighted by atomic mass is 10.4. The first-order valence-electron chi connectivity index (χ1n) is 5.69. The Balaban J connectivity index is 2.24. The molecule has 0 atom stereocenters. The molecule has 0 N–H and O–H groups in total. The molecule has 2 aromatic heterocycles. The van der Waals surface area contributed by atoms with Gasteiger partial charge in [-0.25, -0.2) is 4.98 Å². The number of imidazole rings is 1. The van der Waals surface area contributed by atoms with E-state index in [0.717, 1.165) is 23.4 Å². The van der Waals surface area contributed by atoms with E-state index in [1.54, 1.807) is 12.4 Å². The van der Waals surface area contributed by atoms with Gasteiger partial charge in [0.2, 0.25) is 0 Å². The van der Waals surface area contributed by atoms with Crippen LogP contribution in [0, 0.1) is 0 Å². The van der Waals surface area contributed by atoms with E-state index in [4.69, 9.17) is 16.3 Å². The highest BCUT2D eigenvalue weighted by Gasteiger charge is 2.09. The minimum absolute atomic E-state index is 0.242. The summed E-state index contributed by atoms with van der Waals surface area (Å²) in [7, 11) is 0. The van der Waals surface area contributed by atoms with Gasteiger partial charge in [-0.05, 0) is 19.9 Å². The number of ether oxygens (including phenoxy) is 1. The zero-order chi connectivity index (χ0) is 12.3. The third-order valence-corrected chi connectivity index (χ3v) is 2.75. The van der Waals surface area contributed by atoms with Crippen molar-refractivity contribution in [1.82, 2.24) is 14.5 Å². The molecule has 0 saturated carbocycles. The molecule has 0 saturated heterocycles. The van der Waals surface area contributed by atoms with Gasteiger partial charge in [-0.3, -0.25) is 4.98 Å². The van der Waals surface area contributed by atoms with Gasteiger partial charge in [0.25, 0.3) is 0 Å². The van der Waals surface area contributed by atoms with Gasteiger partial charge in [0.15, 0.2) is 0 Å². The molecule has 0 unspecified atom stereocenters. The van der Waals surface area contributed by atoms with Crippen LogP contribution >= 0.6 is 11.6 Å². The van der Waals surface area contributed by atoms with E-state index in [9.17, 15) is 0 Å². The molecular formula is C12H16ClN3O. The maximum absolute atomic E-state index is 5.90. The van der Waals surface area contributed by atoms with Crippen molar-refractivity contribution in [2.24, 2.45) is 0 Å². The third-order valence-electron chi connectivity index (χ3n) is 2.52. The summed E-state index contributed by atoms with van der Waals surface area (Å²) in [5.74, 6) is 1.26. The van der Waals surface area contributed by atoms with Crippen LogP contribution in [-0.2, 0) is 17.2 Å². The Morgan fingerprint density at radius 3 is 3.00 bits per heavy atom. The van der Waals surface area contributed by atoms with E-state index in [1.807, 2.05) is 19.9 Å². The van der Waals surface area contributed by atoms with Crippen LogP contribution in [-0.4, -0.2) is 27.2 Å². The average Bonchev–Trinajstić information content (AvgIpc) is 2.67. The molecule has 0 spiro atoms. The Hall–Kier alpha value is -1.13. The van der Waals surface area contributed by atoms with E-state index in [2.05, 4.69) is 14.5 Å². The van der Waals surface area contributed by atoms with Crippen LogP contribution < -0.4 is 0 Å². The second-order valence-electron chi connectivity index (χ2n) is 4.10. The lowest BCUT2D eigenvalue weighted by Crippen LogP contribution is -2.12. The molecule has 0 amide bonds. The maximum Gasteiger partial charge on any atom is 0.124 e. The monoisotopic (exact) mass is 253 g/mol. The van der Waals surface area contributed by atoms with Gasteiger partial charge in [0.05, 0.1) is 30.3 Å². The highest BCUT2D eigenvalue weighted by atomic mass is 35.5. The number of rotatable bonds is 5. The summed E-state index contributed by atoms with van der Waals surface area (Å²) in [5.41, 5.74) is 1.94. The molecule has 0 fully saturated rings. The van der Waals surface area contributed by atoms with Crippen LogP contribution in [0.5, 0.6) is 0 Å². The second kappa shape index (κ2) is 5.47. The number of hydrogen-bond acceptors (Lipinski definition) is 3. The fourth-order valence-corrected chi connectivity index (χ4v) is 1.97. The highest BCUT2D eigenvalue weighted by Crippen LogP contribution is 2.16. The van der Waals surface area contributed by atoms with Crippen molar-refractivity contribution in [2.75, 3.05) is 6.61 Å². The maximum atomic E-state index is 5.90. The molecule has 0 aromatic carbocycles. The first-order chi connectivity index (χ1) is 8.22. The van der Waals surface area contributed by atoms with Gasteiger partial charge >= 0.3 is 0 Å². The normalized spacial score (nSPS) is 11.5. The van der Waals surface area contributed by atoms with Gasteiger partial charge < -0.3 is 9.30 Å². The van der Waals surface area contributed by atoms with Gasteiger partial charge in [-0.2, -0.15) is 0 Å². The van der Waals surface area contributed by atoms with Crippen LogP contribution in [0.1, 0.15) is 19.7 Å². The number of pyridine rings is 1. The predicted octanol–water partition coefficient (Wildman–Crippen LogP) is 2.60. The van der Waals surface area contributed by atoms with Gasteiger partial charge in [-0.15, -0.1) is 11.6 Å². The Kier molecular flexibility index (Phi) is 3.97. The number of alkyl halides is 1. The molecule has 4 nitrogen and oxygen atoms in total. The van der Waals surface area contributed by atoms with Crippen molar-refractivity contribution < 1.29 is 4.74 Å². The summed E-state index contributed by atoms with van der Waals surface area (Å²) in [6.45, 7) is 5.48. The summed E-state index contributed by atoms with van der Waals surface area (Å²) in [6, 6.07) is 1.95. The summed E-state index contributed by atoms with van der Waals surface area (Å²) < 4.78 is 7.65. The van der Waals surface area contributed by atoms with E-state index >= 15 is 0 Å². The van der Waals surface area contributed by atoms with Crippen molar-refractivity contribution in [1.29, 1.82) is 0 Å². The van der Waals surface area contributed by atoms with E-state index in [-0.39, 0.29) is 6.10 Å². The second-order valence-corrected chi connectivity index (χ2v) is 4.36. The first kappa shape index (κ1) is 12.3. The Morgan fingerprint density at radius 1 is 1.47 bits per heavy atom. The molecule has 0 aliphatic rings. The zero-order valence-electron chi connectivity index (χ0n) is 10.1. The molecule has 2 heterocycles. The Morgan fingerprint density at radius 2 is 2.29 bits per heavy atom. The van der Waals surface area contributed by atoms with Crippen molar-refractivity contribution >= 4 is 22.6 Å². The van der Waals surface area contributed by atoms with Crippen LogP contribution in [0.2, 0.25) is 0 Å². The topological polar surface area (TPSA) is 39.9 Å². The molecule has 17 heavy (non-hydrogen) atoms. The van der Waals surface area contributed by atoms with Gasteiger partial charge in [0, 0.05) is 12.7 Å². The molecule has 0 aliphatic carbocycles. The smallest absolute Gasteiger partial charge is 0.124 e. The molecule has 2 aromatic rings. The number of hydrogen-bond donors (Lipinski definition) is 0. The fourth-order valence-electron chi connectivity index (χ4n) is 1.76. The van der Waals surface area contributed by atoms with Crippen LogP contribution in [0.4, 0.5) is 0 Å². The summed E-state index contributed by atoms with van der Waals surface area (Å²) in [4.78, 5) is 8.50. The van der Waals surface area contributed by atoms with Crippen molar-refractivity contribution in [3.05, 3.63) is 24.3 Å². The number of aromatic nitrogens is 3. The van der Waals surface area contributed by atoms with Gasteiger partial charge in [0.1, 0.15) is 11.3 Å². The molecule has 5 heteroatoms. The van der Waals surface area contributed by atoms with Crippen LogP contribution in [0.3, 0.4) is 0 Å². The van der Waals surface area contributed by atoms with Crippen molar-refractivity contribution in [2.45, 2.75) is 32.4 Å². The Labute approximate surface area is 106 Å². The SMILES string of the molecule is CC(C)OCCn1c(CCl)nc2cnccc21. The van der Waals surface area contributed by atoms with E-state index in [0.29, 0.717) is 12.5 Å². The standard InChI is InChI=1S/C12H16ClN3O/c1-9(2)17-6-5-16-11-3-4-14-8-10(11)15-12(16)7-13/h3-4,8-9H,5-7H2,1-2H3. The molecular weight excluding hydrogens is 238 g/mol. The predicted molar refractivity (Wildman–Crippen MR) is 68.2 cm³/mol. The number of halogens is 1. The fraction of sp³-hybridized carbons (Fsp3) is 0.500. The first-order valence-corrected chi connectivity index (χ1v) is 6.22. The summed E-state index contributed by atoms with van der Waals surface area (Å²) in [6.07, 6.45) is 3.76. The quantitative estimate of drug-likeness (QED) is 0.769. The van der Waals surface area contributed by atoms with E-state index < -0.39 is 0 Å².